The van der Waals surface area contributed by atoms with E-state index >= 15 is 0 Å². The van der Waals surface area contributed by atoms with E-state index in [1.807, 2.05) is 0 Å². The summed E-state index contributed by atoms with van der Waals surface area (Å²) in [6, 6.07) is 0. The minimum Gasteiger partial charge on any atom is -0.462 e. The van der Waals surface area contributed by atoms with Crippen molar-refractivity contribution in [2.45, 2.75) is 433 Å². The Kier molecular flexibility index (Phi) is 69.0. The van der Waals surface area contributed by atoms with Gasteiger partial charge < -0.3 is 33.8 Å². The van der Waals surface area contributed by atoms with E-state index in [0.29, 0.717) is 25.7 Å². The van der Waals surface area contributed by atoms with E-state index in [1.165, 1.54) is 218 Å². The molecule has 99 heavy (non-hydrogen) atoms. The Balaban J connectivity index is 5.12. The number of carbonyl (C=O) groups is 4. The smallest absolute Gasteiger partial charge is 0.462 e. The molecule has 0 bridgehead atoms. The van der Waals surface area contributed by atoms with Crippen molar-refractivity contribution in [3.05, 3.63) is 0 Å². The molecule has 0 fully saturated rings. The monoisotopic (exact) mass is 1450 g/mol. The summed E-state index contributed by atoms with van der Waals surface area (Å²) >= 11 is 0. The van der Waals surface area contributed by atoms with Crippen LogP contribution >= 0.6 is 15.6 Å². The highest BCUT2D eigenvalue weighted by Crippen LogP contribution is 2.45. The van der Waals surface area contributed by atoms with Crippen molar-refractivity contribution >= 4 is 39.5 Å². The molecule has 0 amide bonds. The number of esters is 4. The van der Waals surface area contributed by atoms with Gasteiger partial charge in [0.15, 0.2) is 12.2 Å². The standard InChI is InChI=1S/C80H156O17P2/c1-8-9-10-44-54-61-77(82)90-67-75(96-79(84)63-56-49-42-36-30-24-18-12-15-21-27-33-39-46-52-59-72(4)5)69-94-98(86,87)92-65-74(81)66-93-99(88,89)95-70-76(97-80(85)64-57-50-43-37-31-25-19-13-16-22-28-34-40-47-53-60-73(6)7)68-91-78(83)62-55-48-41-35-29-23-17-11-14-20-26-32-38-45-51-58-71(2)3/h71-76,81H,8-70H2,1-7H3,(H,86,87)(H,88,89)/t74-,75+,76+/m0/s1. The van der Waals surface area contributed by atoms with E-state index in [9.17, 15) is 43.2 Å². The molecule has 0 aromatic rings. The summed E-state index contributed by atoms with van der Waals surface area (Å²) in [5.74, 6) is 0.289. The minimum atomic E-state index is -4.96. The molecule has 0 spiro atoms. The Hall–Kier alpha value is -1.94. The number of ether oxygens (including phenoxy) is 4. The highest BCUT2D eigenvalue weighted by atomic mass is 31.2. The fourth-order valence-electron chi connectivity index (χ4n) is 12.3. The van der Waals surface area contributed by atoms with Crippen LogP contribution in [0.5, 0.6) is 0 Å². The first kappa shape index (κ1) is 97.1. The summed E-state index contributed by atoms with van der Waals surface area (Å²) < 4.78 is 68.5. The Bertz CT molecular complexity index is 1920. The average molecular weight is 1450 g/mol. The molecule has 0 aliphatic heterocycles. The van der Waals surface area contributed by atoms with Crippen molar-refractivity contribution in [1.82, 2.24) is 0 Å². The molecule has 2 unspecified atom stereocenters. The lowest BCUT2D eigenvalue weighted by Crippen LogP contribution is -2.30. The van der Waals surface area contributed by atoms with Gasteiger partial charge >= 0.3 is 39.5 Å². The zero-order valence-corrected chi connectivity index (χ0v) is 66.8. The van der Waals surface area contributed by atoms with E-state index in [2.05, 4.69) is 48.5 Å². The fourth-order valence-corrected chi connectivity index (χ4v) is 13.9. The van der Waals surface area contributed by atoms with Crippen LogP contribution in [0.1, 0.15) is 414 Å². The second-order valence-electron chi connectivity index (χ2n) is 30.2. The molecule has 0 rings (SSSR count). The minimum absolute atomic E-state index is 0.107. The summed E-state index contributed by atoms with van der Waals surface area (Å²) in [5.41, 5.74) is 0. The average Bonchev–Trinajstić information content (AvgIpc) is 0.977. The Labute approximate surface area is 607 Å². The lowest BCUT2D eigenvalue weighted by molar-refractivity contribution is -0.161. The molecule has 0 aliphatic carbocycles. The fraction of sp³-hybridized carbons (Fsp3) is 0.950. The molecule has 3 N–H and O–H groups in total. The number of rotatable bonds is 78. The zero-order valence-electron chi connectivity index (χ0n) is 65.0. The maximum atomic E-state index is 13.1. The predicted molar refractivity (Wildman–Crippen MR) is 405 cm³/mol. The Morgan fingerprint density at radius 2 is 0.465 bits per heavy atom. The molecular formula is C80H156O17P2. The molecule has 0 heterocycles. The largest absolute Gasteiger partial charge is 0.472 e. The molecule has 0 aromatic heterocycles. The van der Waals surface area contributed by atoms with Crippen molar-refractivity contribution in [2.75, 3.05) is 39.6 Å². The van der Waals surface area contributed by atoms with Gasteiger partial charge in [0, 0.05) is 25.7 Å². The van der Waals surface area contributed by atoms with Crippen molar-refractivity contribution < 1.29 is 80.2 Å². The third-order valence-electron chi connectivity index (χ3n) is 18.6. The molecule has 19 heteroatoms. The van der Waals surface area contributed by atoms with E-state index in [4.69, 9.17) is 37.0 Å². The lowest BCUT2D eigenvalue weighted by Gasteiger charge is -2.21. The molecular weight excluding hydrogens is 1290 g/mol. The maximum Gasteiger partial charge on any atom is 0.472 e. The van der Waals surface area contributed by atoms with Gasteiger partial charge in [-0.05, 0) is 43.4 Å². The highest BCUT2D eigenvalue weighted by Gasteiger charge is 2.30. The van der Waals surface area contributed by atoms with E-state index in [0.717, 1.165) is 114 Å². The maximum absolute atomic E-state index is 13.1. The van der Waals surface area contributed by atoms with Gasteiger partial charge in [-0.3, -0.25) is 37.3 Å². The van der Waals surface area contributed by atoms with Gasteiger partial charge in [0.1, 0.15) is 19.3 Å². The van der Waals surface area contributed by atoms with Crippen LogP contribution in [0.4, 0.5) is 0 Å². The molecule has 0 aliphatic rings. The zero-order chi connectivity index (χ0) is 73.0. The van der Waals surface area contributed by atoms with Crippen LogP contribution in [0, 0.1) is 17.8 Å². The van der Waals surface area contributed by atoms with Crippen LogP contribution in [0.15, 0.2) is 0 Å². The first-order valence-electron chi connectivity index (χ1n) is 41.3. The molecule has 0 radical (unpaired) electrons. The van der Waals surface area contributed by atoms with Crippen LogP contribution in [-0.4, -0.2) is 96.7 Å². The number of hydrogen-bond acceptors (Lipinski definition) is 15. The summed E-state index contributed by atoms with van der Waals surface area (Å²) in [4.78, 5) is 72.7. The van der Waals surface area contributed by atoms with Crippen molar-refractivity contribution in [1.29, 1.82) is 0 Å². The second kappa shape index (κ2) is 70.4. The third kappa shape index (κ3) is 74.1. The van der Waals surface area contributed by atoms with Crippen molar-refractivity contribution in [2.24, 2.45) is 17.8 Å². The van der Waals surface area contributed by atoms with Crippen LogP contribution < -0.4 is 0 Å². The van der Waals surface area contributed by atoms with Crippen LogP contribution in [0.2, 0.25) is 0 Å². The van der Waals surface area contributed by atoms with Crippen molar-refractivity contribution in [3.8, 4) is 0 Å². The number of phosphoric ester groups is 2. The molecule has 588 valence electrons. The Morgan fingerprint density at radius 3 is 0.687 bits per heavy atom. The third-order valence-corrected chi connectivity index (χ3v) is 20.5. The number of carbonyl (C=O) groups excluding carboxylic acids is 4. The van der Waals surface area contributed by atoms with Gasteiger partial charge in [-0.25, -0.2) is 9.13 Å². The van der Waals surface area contributed by atoms with Crippen LogP contribution in [-0.2, 0) is 65.4 Å². The van der Waals surface area contributed by atoms with E-state index in [-0.39, 0.29) is 25.7 Å². The van der Waals surface area contributed by atoms with Gasteiger partial charge in [0.25, 0.3) is 0 Å². The summed E-state index contributed by atoms with van der Waals surface area (Å²) in [6.45, 7) is 11.9. The Morgan fingerprint density at radius 1 is 0.273 bits per heavy atom. The predicted octanol–water partition coefficient (Wildman–Crippen LogP) is 23.7. The van der Waals surface area contributed by atoms with Crippen LogP contribution in [0.25, 0.3) is 0 Å². The molecule has 0 aromatic carbocycles. The summed E-state index contributed by atoms with van der Waals surface area (Å²) in [7, 11) is -9.91. The topological polar surface area (TPSA) is 237 Å². The number of hydrogen-bond donors (Lipinski definition) is 3. The van der Waals surface area contributed by atoms with Gasteiger partial charge in [0.2, 0.25) is 0 Å². The van der Waals surface area contributed by atoms with Gasteiger partial charge in [-0.1, -0.05) is 363 Å². The van der Waals surface area contributed by atoms with E-state index < -0.39 is 97.5 Å². The first-order valence-corrected chi connectivity index (χ1v) is 44.3. The van der Waals surface area contributed by atoms with Gasteiger partial charge in [-0.2, -0.15) is 0 Å². The quantitative estimate of drug-likeness (QED) is 0.0222. The lowest BCUT2D eigenvalue weighted by atomic mass is 10.0. The molecule has 0 saturated heterocycles. The summed E-state index contributed by atoms with van der Waals surface area (Å²) in [6.07, 6.45) is 58.7. The summed E-state index contributed by atoms with van der Waals surface area (Å²) in [5, 5.41) is 10.6. The molecule has 0 saturated carbocycles. The molecule has 17 nitrogen and oxygen atoms in total. The SMILES string of the molecule is CCCCCCCC(=O)OC[C@H](COP(=O)(O)OC[C@H](O)COP(=O)(O)OC[C@@H](COC(=O)CCCCCCCCCCCCCCCCCC(C)C)OC(=O)CCCCCCCCCCCCCCCCCC(C)C)OC(=O)CCCCCCCCCCCCCCCCCC(C)C. The van der Waals surface area contributed by atoms with Gasteiger partial charge in [-0.15, -0.1) is 0 Å². The van der Waals surface area contributed by atoms with E-state index in [1.54, 1.807) is 0 Å². The molecule has 5 atom stereocenters. The first-order chi connectivity index (χ1) is 47.7. The number of aliphatic hydroxyl groups is 1. The van der Waals surface area contributed by atoms with Gasteiger partial charge in [0.05, 0.1) is 26.4 Å². The number of phosphoric acid groups is 2. The highest BCUT2D eigenvalue weighted by molar-refractivity contribution is 7.47. The normalized spacial score (nSPS) is 14.0. The second-order valence-corrected chi connectivity index (χ2v) is 33.1. The van der Waals surface area contributed by atoms with Crippen LogP contribution in [0.3, 0.4) is 0 Å². The number of unbranched alkanes of at least 4 members (excludes halogenated alkanes) is 46. The van der Waals surface area contributed by atoms with Crippen molar-refractivity contribution in [3.63, 3.8) is 0 Å². The number of aliphatic hydroxyl groups excluding tert-OH is 1.